The van der Waals surface area contributed by atoms with Crippen molar-refractivity contribution in [1.82, 2.24) is 9.97 Å². The number of nitrogens with zero attached hydrogens (tertiary/aromatic N) is 4. The van der Waals surface area contributed by atoms with Crippen molar-refractivity contribution < 1.29 is 9.21 Å². The van der Waals surface area contributed by atoms with E-state index in [0.29, 0.717) is 17.2 Å². The van der Waals surface area contributed by atoms with Gasteiger partial charge in [0.1, 0.15) is 11.6 Å². The van der Waals surface area contributed by atoms with E-state index in [1.165, 1.54) is 5.56 Å². The predicted octanol–water partition coefficient (Wildman–Crippen LogP) is 4.08. The summed E-state index contributed by atoms with van der Waals surface area (Å²) in [5, 5.41) is 3.08. The third-order valence-electron chi connectivity index (χ3n) is 5.53. The maximum Gasteiger partial charge on any atom is 0.259 e. The summed E-state index contributed by atoms with van der Waals surface area (Å²) in [6.07, 6.45) is 6.75. The van der Waals surface area contributed by atoms with Crippen LogP contribution >= 0.6 is 0 Å². The van der Waals surface area contributed by atoms with Gasteiger partial charge in [0.05, 0.1) is 29.4 Å². The van der Waals surface area contributed by atoms with Crippen LogP contribution < -0.4 is 15.1 Å². The van der Waals surface area contributed by atoms with Crippen molar-refractivity contribution in [1.29, 1.82) is 0 Å². The van der Waals surface area contributed by atoms with Crippen molar-refractivity contribution in [2.24, 2.45) is 0 Å². The number of aromatic nitrogens is 2. The quantitative estimate of drug-likeness (QED) is 0.689. The van der Waals surface area contributed by atoms with E-state index < -0.39 is 0 Å². The standard InChI is InChI=1S/C23H27N5O2/c1-16(2)18-4-5-20(26-23(29)19-6-13-30-17(19)3)21(14-18)27-9-11-28(12-10-27)22-15-24-7-8-25-22/h4-8,13-16H,9-12H2,1-3H3,(H,26,29). The van der Waals surface area contributed by atoms with Gasteiger partial charge in [0.2, 0.25) is 0 Å². The summed E-state index contributed by atoms with van der Waals surface area (Å²) in [5.74, 6) is 1.77. The molecule has 0 spiro atoms. The van der Waals surface area contributed by atoms with Gasteiger partial charge in [0.15, 0.2) is 0 Å². The summed E-state index contributed by atoms with van der Waals surface area (Å²) in [4.78, 5) is 25.9. The van der Waals surface area contributed by atoms with Crippen LogP contribution in [-0.2, 0) is 0 Å². The fourth-order valence-electron chi connectivity index (χ4n) is 3.72. The van der Waals surface area contributed by atoms with E-state index in [9.17, 15) is 4.79 Å². The normalized spacial score (nSPS) is 14.3. The second-order valence-corrected chi connectivity index (χ2v) is 7.81. The third-order valence-corrected chi connectivity index (χ3v) is 5.53. The Balaban J connectivity index is 1.56. The lowest BCUT2D eigenvalue weighted by molar-refractivity contribution is 0.102. The lowest BCUT2D eigenvalue weighted by Crippen LogP contribution is -2.47. The first-order chi connectivity index (χ1) is 14.5. The number of carbonyl (C=O) groups excluding carboxylic acids is 1. The number of carbonyl (C=O) groups is 1. The lowest BCUT2D eigenvalue weighted by atomic mass is 10.0. The van der Waals surface area contributed by atoms with Crippen LogP contribution in [0.4, 0.5) is 17.2 Å². The van der Waals surface area contributed by atoms with Gasteiger partial charge in [-0.05, 0) is 36.6 Å². The highest BCUT2D eigenvalue weighted by Crippen LogP contribution is 2.32. The molecule has 1 saturated heterocycles. The molecule has 1 aliphatic heterocycles. The Morgan fingerprint density at radius 1 is 1.10 bits per heavy atom. The summed E-state index contributed by atoms with van der Waals surface area (Å²) < 4.78 is 5.29. The molecule has 4 rings (SSSR count). The van der Waals surface area contributed by atoms with E-state index in [-0.39, 0.29) is 5.91 Å². The van der Waals surface area contributed by atoms with Crippen molar-refractivity contribution in [3.8, 4) is 0 Å². The maximum atomic E-state index is 12.8. The molecule has 0 saturated carbocycles. The van der Waals surface area contributed by atoms with Gasteiger partial charge in [-0.15, -0.1) is 0 Å². The molecule has 3 aromatic rings. The number of benzene rings is 1. The molecular weight excluding hydrogens is 378 g/mol. The Labute approximate surface area is 176 Å². The number of nitrogens with one attached hydrogen (secondary N) is 1. The number of hydrogen-bond donors (Lipinski definition) is 1. The van der Waals surface area contributed by atoms with Gasteiger partial charge >= 0.3 is 0 Å². The van der Waals surface area contributed by atoms with Gasteiger partial charge in [-0.2, -0.15) is 0 Å². The fraction of sp³-hybridized carbons (Fsp3) is 0.348. The zero-order chi connectivity index (χ0) is 21.1. The summed E-state index contributed by atoms with van der Waals surface area (Å²) in [7, 11) is 0. The van der Waals surface area contributed by atoms with Crippen LogP contribution in [0.3, 0.4) is 0 Å². The summed E-state index contributed by atoms with van der Waals surface area (Å²) in [5.41, 5.74) is 3.67. The Morgan fingerprint density at radius 3 is 2.50 bits per heavy atom. The SMILES string of the molecule is Cc1occc1C(=O)Nc1ccc(C(C)C)cc1N1CCN(c2cnccn2)CC1. The topological polar surface area (TPSA) is 74.5 Å². The first kappa shape index (κ1) is 19.9. The number of hydrogen-bond acceptors (Lipinski definition) is 6. The second kappa shape index (κ2) is 8.57. The molecule has 1 aromatic carbocycles. The van der Waals surface area contributed by atoms with Gasteiger partial charge in [0, 0.05) is 38.6 Å². The molecule has 156 valence electrons. The van der Waals surface area contributed by atoms with Gasteiger partial charge in [0.25, 0.3) is 5.91 Å². The number of amides is 1. The van der Waals surface area contributed by atoms with Crippen LogP contribution in [0.15, 0.2) is 53.5 Å². The average molecular weight is 406 g/mol. The van der Waals surface area contributed by atoms with Crippen molar-refractivity contribution in [3.05, 3.63) is 66.0 Å². The molecule has 0 aliphatic carbocycles. The minimum atomic E-state index is -0.155. The second-order valence-electron chi connectivity index (χ2n) is 7.81. The molecule has 0 bridgehead atoms. The van der Waals surface area contributed by atoms with E-state index >= 15 is 0 Å². The molecule has 7 heteroatoms. The highest BCUT2D eigenvalue weighted by molar-refractivity contribution is 6.06. The molecule has 2 aromatic heterocycles. The van der Waals surface area contributed by atoms with Crippen LogP contribution in [0.25, 0.3) is 0 Å². The number of rotatable bonds is 5. The van der Waals surface area contributed by atoms with Crippen LogP contribution in [0.1, 0.15) is 41.4 Å². The summed E-state index contributed by atoms with van der Waals surface area (Å²) in [6, 6.07) is 7.99. The zero-order valence-corrected chi connectivity index (χ0v) is 17.6. The number of furan rings is 1. The molecule has 30 heavy (non-hydrogen) atoms. The van der Waals surface area contributed by atoms with Crippen molar-refractivity contribution in [3.63, 3.8) is 0 Å². The van der Waals surface area contributed by atoms with Gasteiger partial charge in [-0.25, -0.2) is 4.98 Å². The Bertz CT molecular complexity index is 1010. The van der Waals surface area contributed by atoms with Crippen molar-refractivity contribution >= 4 is 23.1 Å². The van der Waals surface area contributed by atoms with E-state index in [1.807, 2.05) is 6.07 Å². The minimum absolute atomic E-state index is 0.155. The molecule has 0 atom stereocenters. The number of aryl methyl sites for hydroxylation is 1. The largest absolute Gasteiger partial charge is 0.469 e. The van der Waals surface area contributed by atoms with Crippen molar-refractivity contribution in [2.45, 2.75) is 26.7 Å². The molecule has 7 nitrogen and oxygen atoms in total. The van der Waals surface area contributed by atoms with E-state index in [1.54, 1.807) is 37.8 Å². The summed E-state index contributed by atoms with van der Waals surface area (Å²) >= 11 is 0. The maximum absolute atomic E-state index is 12.8. The number of piperazine rings is 1. The first-order valence-corrected chi connectivity index (χ1v) is 10.3. The Kier molecular flexibility index (Phi) is 5.70. The van der Waals surface area contributed by atoms with Gasteiger partial charge in [-0.3, -0.25) is 9.78 Å². The molecular formula is C23H27N5O2. The molecule has 1 aliphatic rings. The molecule has 1 N–H and O–H groups in total. The van der Waals surface area contributed by atoms with Crippen LogP contribution in [0.5, 0.6) is 0 Å². The molecule has 1 amide bonds. The van der Waals surface area contributed by atoms with Crippen molar-refractivity contribution in [2.75, 3.05) is 41.3 Å². The Morgan fingerprint density at radius 2 is 1.87 bits per heavy atom. The average Bonchev–Trinajstić information content (AvgIpc) is 3.20. The van der Waals surface area contributed by atoms with E-state index in [2.05, 4.69) is 51.1 Å². The highest BCUT2D eigenvalue weighted by atomic mass is 16.3. The van der Waals surface area contributed by atoms with Crippen LogP contribution in [0, 0.1) is 6.92 Å². The predicted molar refractivity (Wildman–Crippen MR) is 118 cm³/mol. The highest BCUT2D eigenvalue weighted by Gasteiger charge is 2.22. The van der Waals surface area contributed by atoms with Gasteiger partial charge in [-0.1, -0.05) is 19.9 Å². The van der Waals surface area contributed by atoms with E-state index in [4.69, 9.17) is 4.42 Å². The fourth-order valence-corrected chi connectivity index (χ4v) is 3.72. The lowest BCUT2D eigenvalue weighted by Gasteiger charge is -2.37. The monoisotopic (exact) mass is 405 g/mol. The molecule has 0 unspecified atom stereocenters. The molecule has 0 radical (unpaired) electrons. The van der Waals surface area contributed by atoms with Gasteiger partial charge < -0.3 is 19.5 Å². The smallest absolute Gasteiger partial charge is 0.259 e. The number of anilines is 3. The Hall–Kier alpha value is -3.35. The minimum Gasteiger partial charge on any atom is -0.469 e. The van der Waals surface area contributed by atoms with Crippen LogP contribution in [0.2, 0.25) is 0 Å². The zero-order valence-electron chi connectivity index (χ0n) is 17.6. The van der Waals surface area contributed by atoms with Crippen LogP contribution in [-0.4, -0.2) is 42.1 Å². The molecule has 1 fully saturated rings. The van der Waals surface area contributed by atoms with E-state index in [0.717, 1.165) is 43.4 Å². The molecule has 3 heterocycles. The first-order valence-electron chi connectivity index (χ1n) is 10.3. The third kappa shape index (κ3) is 4.15. The summed E-state index contributed by atoms with van der Waals surface area (Å²) in [6.45, 7) is 9.52.